The Morgan fingerprint density at radius 1 is 1.19 bits per heavy atom. The van der Waals surface area contributed by atoms with Crippen molar-refractivity contribution >= 4 is 6.21 Å². The number of pyridine rings is 1. The molecule has 1 heterocycles. The summed E-state index contributed by atoms with van der Waals surface area (Å²) in [6.07, 6.45) is 5.13. The van der Waals surface area contributed by atoms with Gasteiger partial charge in [-0.1, -0.05) is 34.3 Å². The Morgan fingerprint density at radius 2 is 1.75 bits per heavy atom. The minimum atomic E-state index is 0.992. The first-order valence-corrected chi connectivity index (χ1v) is 5.81. The van der Waals surface area contributed by atoms with Crippen molar-refractivity contribution in [3.05, 3.63) is 41.9 Å². The van der Waals surface area contributed by atoms with Gasteiger partial charge in [0.2, 0.25) is 0 Å². The van der Waals surface area contributed by atoms with Crippen LogP contribution in [0.25, 0.3) is 0 Å². The van der Waals surface area contributed by atoms with Crippen LogP contribution in [0.15, 0.2) is 30.0 Å². The molecule has 0 aliphatic rings. The van der Waals surface area contributed by atoms with Crippen molar-refractivity contribution in [3.8, 4) is 0 Å². The topological polar surface area (TPSA) is 25.2 Å². The second-order valence-electron chi connectivity index (χ2n) is 2.65. The van der Waals surface area contributed by atoms with Crippen molar-refractivity contribution in [3.63, 3.8) is 0 Å². The fraction of sp³-hybridized carbons (Fsp3) is 0.429. The Morgan fingerprint density at radius 3 is 2.25 bits per heavy atom. The molecular formula is C14H24N2. The Hall–Kier alpha value is -1.44. The Labute approximate surface area is 100 Å². The zero-order valence-corrected chi connectivity index (χ0v) is 11.4. The molecule has 16 heavy (non-hydrogen) atoms. The predicted octanol–water partition coefficient (Wildman–Crippen LogP) is 4.31. The lowest BCUT2D eigenvalue weighted by Gasteiger charge is -1.98. The molecule has 0 N–H and O–H groups in total. The quantitative estimate of drug-likeness (QED) is 0.682. The van der Waals surface area contributed by atoms with Crippen LogP contribution < -0.4 is 0 Å². The molecule has 0 saturated carbocycles. The average Bonchev–Trinajstić information content (AvgIpc) is 2.35. The highest BCUT2D eigenvalue weighted by molar-refractivity contribution is 5.81. The second kappa shape index (κ2) is 11.6. The van der Waals surface area contributed by atoms with Gasteiger partial charge in [-0.05, 0) is 25.5 Å². The molecule has 2 nitrogen and oxygen atoms in total. The lowest BCUT2D eigenvalue weighted by atomic mass is 10.2. The molecule has 1 aromatic heterocycles. The minimum absolute atomic E-state index is 0.992. The maximum atomic E-state index is 4.21. The number of aliphatic imine (C=N–C) groups is 1. The summed E-state index contributed by atoms with van der Waals surface area (Å²) in [7, 11) is 0. The predicted molar refractivity (Wildman–Crippen MR) is 74.2 cm³/mol. The van der Waals surface area contributed by atoms with Crippen molar-refractivity contribution in [1.29, 1.82) is 0 Å². The van der Waals surface area contributed by atoms with Crippen molar-refractivity contribution in [2.75, 3.05) is 0 Å². The summed E-state index contributed by atoms with van der Waals surface area (Å²) < 4.78 is 0. The number of aryl methyl sites for hydroxylation is 2. The summed E-state index contributed by atoms with van der Waals surface area (Å²) in [6.45, 7) is 15.5. The molecule has 0 aromatic carbocycles. The smallest absolute Gasteiger partial charge is 0.0460 e. The molecule has 2 heteroatoms. The van der Waals surface area contributed by atoms with Crippen LogP contribution in [0.5, 0.6) is 0 Å². The van der Waals surface area contributed by atoms with E-state index in [1.54, 1.807) is 6.21 Å². The summed E-state index contributed by atoms with van der Waals surface area (Å²) >= 11 is 0. The normalized spacial score (nSPS) is 8.62. The average molecular weight is 220 g/mol. The highest BCUT2D eigenvalue weighted by atomic mass is 14.7. The summed E-state index contributed by atoms with van der Waals surface area (Å²) in [5.74, 6) is 0. The van der Waals surface area contributed by atoms with Crippen LogP contribution in [0.2, 0.25) is 0 Å². The maximum Gasteiger partial charge on any atom is 0.0460 e. The van der Waals surface area contributed by atoms with Crippen molar-refractivity contribution in [1.82, 2.24) is 4.98 Å². The fourth-order valence-electron chi connectivity index (χ4n) is 0.924. The molecule has 0 saturated heterocycles. The Bertz CT molecular complexity index is 315. The number of rotatable bonds is 2. The van der Waals surface area contributed by atoms with Gasteiger partial charge in [0.25, 0.3) is 0 Å². The molecule has 90 valence electrons. The molecule has 0 aliphatic heterocycles. The zero-order chi connectivity index (χ0) is 13.0. The van der Waals surface area contributed by atoms with E-state index in [2.05, 4.69) is 22.6 Å². The van der Waals surface area contributed by atoms with Gasteiger partial charge >= 0.3 is 0 Å². The van der Waals surface area contributed by atoms with E-state index in [1.807, 2.05) is 47.7 Å². The van der Waals surface area contributed by atoms with Gasteiger partial charge in [0.15, 0.2) is 0 Å². The zero-order valence-electron chi connectivity index (χ0n) is 11.4. The molecule has 0 radical (unpaired) electrons. The summed E-state index contributed by atoms with van der Waals surface area (Å²) in [4.78, 5) is 8.15. The molecule has 1 aromatic rings. The van der Waals surface area contributed by atoms with Gasteiger partial charge in [-0.3, -0.25) is 9.98 Å². The van der Waals surface area contributed by atoms with Crippen LogP contribution in [0.4, 0.5) is 0 Å². The fourth-order valence-corrected chi connectivity index (χ4v) is 0.924. The van der Waals surface area contributed by atoms with Crippen LogP contribution in [0.3, 0.4) is 0 Å². The molecular weight excluding hydrogens is 196 g/mol. The van der Waals surface area contributed by atoms with Gasteiger partial charge < -0.3 is 0 Å². The molecule has 0 amide bonds. The first-order chi connectivity index (χ1) is 7.74. The van der Waals surface area contributed by atoms with E-state index in [4.69, 9.17) is 0 Å². The number of nitrogens with zero attached hydrogens (tertiary/aromatic N) is 2. The van der Waals surface area contributed by atoms with Crippen LogP contribution in [-0.4, -0.2) is 11.2 Å². The Balaban J connectivity index is 0. The molecule has 0 unspecified atom stereocenters. The van der Waals surface area contributed by atoms with Gasteiger partial charge in [0, 0.05) is 29.9 Å². The van der Waals surface area contributed by atoms with Crippen LogP contribution in [0.1, 0.15) is 44.5 Å². The van der Waals surface area contributed by atoms with E-state index >= 15 is 0 Å². The number of aromatic nitrogens is 1. The molecule has 0 atom stereocenters. The summed E-state index contributed by atoms with van der Waals surface area (Å²) in [5.41, 5.74) is 3.19. The molecule has 0 bridgehead atoms. The van der Waals surface area contributed by atoms with Crippen molar-refractivity contribution in [2.24, 2.45) is 4.99 Å². The van der Waals surface area contributed by atoms with E-state index < -0.39 is 0 Å². The second-order valence-corrected chi connectivity index (χ2v) is 2.65. The van der Waals surface area contributed by atoms with Crippen molar-refractivity contribution < 1.29 is 0 Å². The monoisotopic (exact) mass is 220 g/mol. The third-order valence-corrected chi connectivity index (χ3v) is 1.58. The largest absolute Gasteiger partial charge is 0.265 e. The molecule has 0 spiro atoms. The first-order valence-electron chi connectivity index (χ1n) is 5.81. The number of hydrogen-bond acceptors (Lipinski definition) is 2. The van der Waals surface area contributed by atoms with E-state index in [0.29, 0.717) is 0 Å². The van der Waals surface area contributed by atoms with Gasteiger partial charge in [0.05, 0.1) is 0 Å². The molecule has 1 rings (SSSR count). The van der Waals surface area contributed by atoms with Gasteiger partial charge in [0.1, 0.15) is 0 Å². The van der Waals surface area contributed by atoms with E-state index in [0.717, 1.165) is 16.8 Å². The third kappa shape index (κ3) is 6.93. The highest BCUT2D eigenvalue weighted by Gasteiger charge is 1.94. The lowest BCUT2D eigenvalue weighted by Crippen LogP contribution is -1.91. The van der Waals surface area contributed by atoms with Gasteiger partial charge in [-0.15, -0.1) is 0 Å². The molecule has 0 aliphatic carbocycles. The minimum Gasteiger partial charge on any atom is -0.265 e. The van der Waals surface area contributed by atoms with Crippen LogP contribution in [-0.2, 0) is 0 Å². The van der Waals surface area contributed by atoms with E-state index in [-0.39, 0.29) is 0 Å². The number of hydrogen-bond donors (Lipinski definition) is 0. The highest BCUT2D eigenvalue weighted by Crippen LogP contribution is 2.04. The summed E-state index contributed by atoms with van der Waals surface area (Å²) in [6, 6.07) is 2.05. The van der Waals surface area contributed by atoms with E-state index in [9.17, 15) is 0 Å². The SMILES string of the molecule is C=CN=Cc1cc(C)cnc1C.CC.CC. The standard InChI is InChI=1S/C10H12N2.2C2H6/c1-4-11-7-10-5-8(2)6-12-9(10)3;2*1-2/h4-7H,1H2,2-3H3;2*1-2H3. The van der Waals surface area contributed by atoms with E-state index in [1.165, 1.54) is 6.20 Å². The van der Waals surface area contributed by atoms with Crippen LogP contribution >= 0.6 is 0 Å². The lowest BCUT2D eigenvalue weighted by molar-refractivity contribution is 1.16. The molecule has 0 fully saturated rings. The Kier molecular flexibility index (Phi) is 12.3. The van der Waals surface area contributed by atoms with Crippen molar-refractivity contribution in [2.45, 2.75) is 41.5 Å². The van der Waals surface area contributed by atoms with Gasteiger partial charge in [-0.25, -0.2) is 0 Å². The summed E-state index contributed by atoms with van der Waals surface area (Å²) in [5, 5.41) is 0. The van der Waals surface area contributed by atoms with Crippen LogP contribution in [0, 0.1) is 13.8 Å². The van der Waals surface area contributed by atoms with Gasteiger partial charge in [-0.2, -0.15) is 0 Å². The first kappa shape index (κ1) is 17.0. The maximum absolute atomic E-state index is 4.21. The third-order valence-electron chi connectivity index (χ3n) is 1.58.